The second-order valence-electron chi connectivity index (χ2n) is 6.74. The molecule has 0 radical (unpaired) electrons. The Balaban J connectivity index is 1.43. The molecular formula is C22H29N5O. The molecule has 0 unspecified atom stereocenters. The third-order valence-corrected chi connectivity index (χ3v) is 4.68. The standard InChI is InChI=1S/C22H29N5O/c1-2-23-22(24-13-6-8-16-27-15-7-5-11-21(27)28)25-14-12-18-17-26-20-10-4-3-9-19(18)20/h3-5,7,9-11,15,17,26H,2,6,8,12-14,16H2,1H3,(H2,23,24,25). The lowest BCUT2D eigenvalue weighted by Gasteiger charge is -2.11. The molecule has 3 aromatic rings. The normalized spacial score (nSPS) is 11.7. The van der Waals surface area contributed by atoms with Crippen molar-refractivity contribution < 1.29 is 0 Å². The number of pyridine rings is 1. The molecule has 3 rings (SSSR count). The van der Waals surface area contributed by atoms with E-state index in [2.05, 4.69) is 51.9 Å². The smallest absolute Gasteiger partial charge is 0.250 e. The molecular weight excluding hydrogens is 350 g/mol. The number of aliphatic imine (C=N–C) groups is 1. The van der Waals surface area contributed by atoms with E-state index in [1.807, 2.05) is 18.3 Å². The zero-order valence-electron chi connectivity index (χ0n) is 16.4. The maximum absolute atomic E-state index is 11.7. The molecule has 6 heteroatoms. The number of para-hydroxylation sites is 1. The number of aryl methyl sites for hydroxylation is 1. The van der Waals surface area contributed by atoms with Crippen molar-refractivity contribution >= 4 is 16.9 Å². The molecule has 0 atom stereocenters. The summed E-state index contributed by atoms with van der Waals surface area (Å²) >= 11 is 0. The molecule has 0 bridgehead atoms. The Bertz CT molecular complexity index is 956. The van der Waals surface area contributed by atoms with E-state index in [0.29, 0.717) is 0 Å². The van der Waals surface area contributed by atoms with Gasteiger partial charge in [0, 0.05) is 55.5 Å². The van der Waals surface area contributed by atoms with Crippen molar-refractivity contribution in [3.8, 4) is 0 Å². The van der Waals surface area contributed by atoms with E-state index in [9.17, 15) is 4.79 Å². The van der Waals surface area contributed by atoms with Crippen molar-refractivity contribution in [2.75, 3.05) is 19.6 Å². The minimum atomic E-state index is 0.0540. The maximum Gasteiger partial charge on any atom is 0.250 e. The number of hydrogen-bond acceptors (Lipinski definition) is 2. The topological polar surface area (TPSA) is 74.2 Å². The van der Waals surface area contributed by atoms with E-state index in [0.717, 1.165) is 51.4 Å². The average molecular weight is 380 g/mol. The van der Waals surface area contributed by atoms with Gasteiger partial charge in [-0.05, 0) is 43.9 Å². The second-order valence-corrected chi connectivity index (χ2v) is 6.74. The first kappa shape index (κ1) is 19.7. The van der Waals surface area contributed by atoms with Crippen molar-refractivity contribution in [3.05, 3.63) is 70.8 Å². The molecule has 2 heterocycles. The number of nitrogens with one attached hydrogen (secondary N) is 3. The number of fused-ring (bicyclic) bond motifs is 1. The zero-order chi connectivity index (χ0) is 19.6. The molecule has 0 aliphatic carbocycles. The van der Waals surface area contributed by atoms with Gasteiger partial charge in [-0.25, -0.2) is 0 Å². The van der Waals surface area contributed by atoms with E-state index < -0.39 is 0 Å². The lowest BCUT2D eigenvalue weighted by Crippen LogP contribution is -2.38. The van der Waals surface area contributed by atoms with Gasteiger partial charge in [-0.15, -0.1) is 0 Å². The summed E-state index contributed by atoms with van der Waals surface area (Å²) in [4.78, 5) is 19.7. The highest BCUT2D eigenvalue weighted by Crippen LogP contribution is 2.17. The van der Waals surface area contributed by atoms with Crippen molar-refractivity contribution in [1.29, 1.82) is 0 Å². The predicted octanol–water partition coefficient (Wildman–Crippen LogP) is 2.91. The van der Waals surface area contributed by atoms with Gasteiger partial charge in [-0.3, -0.25) is 9.79 Å². The second kappa shape index (κ2) is 10.3. The molecule has 0 aliphatic heterocycles. The van der Waals surface area contributed by atoms with Crippen LogP contribution in [0.3, 0.4) is 0 Å². The van der Waals surface area contributed by atoms with Crippen LogP contribution in [0, 0.1) is 0 Å². The first-order chi connectivity index (χ1) is 13.8. The van der Waals surface area contributed by atoms with Crippen LogP contribution in [-0.2, 0) is 13.0 Å². The quantitative estimate of drug-likeness (QED) is 0.304. The Hall–Kier alpha value is -3.02. The van der Waals surface area contributed by atoms with Crippen LogP contribution in [0.5, 0.6) is 0 Å². The van der Waals surface area contributed by atoms with Crippen molar-refractivity contribution in [1.82, 2.24) is 20.2 Å². The third-order valence-electron chi connectivity index (χ3n) is 4.68. The Morgan fingerprint density at radius 3 is 2.82 bits per heavy atom. The summed E-state index contributed by atoms with van der Waals surface area (Å²) < 4.78 is 1.74. The molecule has 0 spiro atoms. The highest BCUT2D eigenvalue weighted by molar-refractivity contribution is 5.83. The number of benzene rings is 1. The first-order valence-electron chi connectivity index (χ1n) is 10.0. The van der Waals surface area contributed by atoms with Gasteiger partial charge in [0.1, 0.15) is 0 Å². The summed E-state index contributed by atoms with van der Waals surface area (Å²) in [5, 5.41) is 7.98. The molecule has 1 aromatic carbocycles. The lowest BCUT2D eigenvalue weighted by molar-refractivity contribution is 0.597. The molecule has 0 aliphatic rings. The molecule has 0 saturated carbocycles. The summed E-state index contributed by atoms with van der Waals surface area (Å²) in [5.41, 5.74) is 2.54. The number of nitrogens with zero attached hydrogens (tertiary/aromatic N) is 2. The van der Waals surface area contributed by atoms with Gasteiger partial charge in [-0.2, -0.15) is 0 Å². The van der Waals surface area contributed by atoms with E-state index in [4.69, 9.17) is 0 Å². The summed E-state index contributed by atoms with van der Waals surface area (Å²) in [6, 6.07) is 13.6. The fourth-order valence-electron chi connectivity index (χ4n) is 3.23. The molecule has 2 aromatic heterocycles. The Kier molecular flexibility index (Phi) is 7.29. The minimum Gasteiger partial charge on any atom is -0.361 e. The number of rotatable bonds is 9. The fraction of sp³-hybridized carbons (Fsp3) is 0.364. The maximum atomic E-state index is 11.7. The van der Waals surface area contributed by atoms with Crippen LogP contribution in [0.1, 0.15) is 25.3 Å². The molecule has 0 fully saturated rings. The van der Waals surface area contributed by atoms with Gasteiger partial charge in [0.05, 0.1) is 0 Å². The number of aromatic amines is 1. The van der Waals surface area contributed by atoms with E-state index >= 15 is 0 Å². The van der Waals surface area contributed by atoms with Crippen molar-refractivity contribution in [2.45, 2.75) is 32.7 Å². The summed E-state index contributed by atoms with van der Waals surface area (Å²) in [7, 11) is 0. The van der Waals surface area contributed by atoms with Gasteiger partial charge in [0.2, 0.25) is 5.56 Å². The van der Waals surface area contributed by atoms with E-state index in [-0.39, 0.29) is 5.56 Å². The SMILES string of the molecule is CCNC(=NCCCCn1ccccc1=O)NCCc1c[nH]c2ccccc12. The molecule has 0 saturated heterocycles. The molecule has 3 N–H and O–H groups in total. The monoisotopic (exact) mass is 379 g/mol. The largest absolute Gasteiger partial charge is 0.361 e. The number of hydrogen-bond donors (Lipinski definition) is 3. The average Bonchev–Trinajstić information content (AvgIpc) is 3.12. The fourth-order valence-corrected chi connectivity index (χ4v) is 3.23. The highest BCUT2D eigenvalue weighted by atomic mass is 16.1. The molecule has 28 heavy (non-hydrogen) atoms. The zero-order valence-corrected chi connectivity index (χ0v) is 16.4. The Morgan fingerprint density at radius 2 is 1.96 bits per heavy atom. The van der Waals surface area contributed by atoms with Crippen LogP contribution < -0.4 is 16.2 Å². The number of H-pyrrole nitrogens is 1. The molecule has 148 valence electrons. The van der Waals surface area contributed by atoms with Gasteiger partial charge < -0.3 is 20.2 Å². The van der Waals surface area contributed by atoms with Crippen LogP contribution >= 0.6 is 0 Å². The van der Waals surface area contributed by atoms with Crippen LogP contribution in [0.2, 0.25) is 0 Å². The van der Waals surface area contributed by atoms with Gasteiger partial charge in [0.15, 0.2) is 5.96 Å². The van der Waals surface area contributed by atoms with Crippen LogP contribution in [0.4, 0.5) is 0 Å². The van der Waals surface area contributed by atoms with Crippen molar-refractivity contribution in [2.24, 2.45) is 4.99 Å². The third kappa shape index (κ3) is 5.49. The first-order valence-corrected chi connectivity index (χ1v) is 10.0. The summed E-state index contributed by atoms with van der Waals surface area (Å²) in [6.07, 6.45) is 6.73. The van der Waals surface area contributed by atoms with Crippen molar-refractivity contribution in [3.63, 3.8) is 0 Å². The number of aromatic nitrogens is 2. The van der Waals surface area contributed by atoms with E-state index in [1.165, 1.54) is 16.5 Å². The van der Waals surface area contributed by atoms with Gasteiger partial charge in [-0.1, -0.05) is 24.3 Å². The van der Waals surface area contributed by atoms with Gasteiger partial charge >= 0.3 is 0 Å². The molecule has 0 amide bonds. The minimum absolute atomic E-state index is 0.0540. The van der Waals surface area contributed by atoms with Crippen LogP contribution in [-0.4, -0.2) is 35.1 Å². The number of unbranched alkanes of at least 4 members (excludes halogenated alkanes) is 1. The van der Waals surface area contributed by atoms with Crippen LogP contribution in [0.25, 0.3) is 10.9 Å². The Labute approximate surface area is 165 Å². The van der Waals surface area contributed by atoms with E-state index in [1.54, 1.807) is 16.7 Å². The predicted molar refractivity (Wildman–Crippen MR) is 116 cm³/mol. The number of guanidine groups is 1. The highest BCUT2D eigenvalue weighted by Gasteiger charge is 2.03. The molecule has 6 nitrogen and oxygen atoms in total. The summed E-state index contributed by atoms with van der Waals surface area (Å²) in [5.74, 6) is 0.846. The summed E-state index contributed by atoms with van der Waals surface area (Å²) in [6.45, 7) is 5.20. The Morgan fingerprint density at radius 1 is 1.11 bits per heavy atom. The van der Waals surface area contributed by atoms with Crippen LogP contribution in [0.15, 0.2) is 64.6 Å². The van der Waals surface area contributed by atoms with Gasteiger partial charge in [0.25, 0.3) is 0 Å². The lowest BCUT2D eigenvalue weighted by atomic mass is 10.1.